The molecule has 0 spiro atoms. The standard InChI is InChI=1S/C10H16N2O/c1-8(7-11)10(13)12(2)9-5-3-4-6-9/h8-9H,3-6H2,1-2H3. The molecule has 72 valence electrons. The van der Waals surface area contributed by atoms with E-state index in [1.165, 1.54) is 12.8 Å². The van der Waals surface area contributed by atoms with Gasteiger partial charge >= 0.3 is 0 Å². The molecule has 0 bridgehead atoms. The summed E-state index contributed by atoms with van der Waals surface area (Å²) in [6.45, 7) is 1.66. The van der Waals surface area contributed by atoms with E-state index in [2.05, 4.69) is 0 Å². The highest BCUT2D eigenvalue weighted by molar-refractivity contribution is 5.80. The summed E-state index contributed by atoms with van der Waals surface area (Å²) in [4.78, 5) is 13.3. The van der Waals surface area contributed by atoms with Crippen LogP contribution in [0.5, 0.6) is 0 Å². The van der Waals surface area contributed by atoms with Gasteiger partial charge in [-0.1, -0.05) is 12.8 Å². The molecule has 1 aliphatic rings. The van der Waals surface area contributed by atoms with E-state index in [0.29, 0.717) is 6.04 Å². The maximum atomic E-state index is 11.6. The SMILES string of the molecule is CC(C#N)C(=O)N(C)C1CCCC1. The number of amides is 1. The second-order valence-corrected chi connectivity index (χ2v) is 3.74. The predicted molar refractivity (Wildman–Crippen MR) is 49.8 cm³/mol. The van der Waals surface area contributed by atoms with E-state index >= 15 is 0 Å². The Bertz CT molecular complexity index is 226. The molecule has 1 aliphatic carbocycles. The van der Waals surface area contributed by atoms with Crippen molar-refractivity contribution in [2.24, 2.45) is 5.92 Å². The van der Waals surface area contributed by atoms with Crippen molar-refractivity contribution >= 4 is 5.91 Å². The van der Waals surface area contributed by atoms with Crippen LogP contribution in [-0.4, -0.2) is 23.9 Å². The molecule has 1 fully saturated rings. The van der Waals surface area contributed by atoms with Crippen LogP contribution in [0.4, 0.5) is 0 Å². The maximum Gasteiger partial charge on any atom is 0.239 e. The van der Waals surface area contributed by atoms with Gasteiger partial charge in [0.2, 0.25) is 5.91 Å². The lowest BCUT2D eigenvalue weighted by Crippen LogP contribution is -2.38. The fraction of sp³-hybridized carbons (Fsp3) is 0.800. The molecule has 0 heterocycles. The Labute approximate surface area is 79.3 Å². The first-order valence-electron chi connectivity index (χ1n) is 4.83. The summed E-state index contributed by atoms with van der Waals surface area (Å²) in [5, 5.41) is 8.60. The summed E-state index contributed by atoms with van der Waals surface area (Å²) in [5.74, 6) is -0.528. The molecular formula is C10H16N2O. The lowest BCUT2D eigenvalue weighted by atomic mass is 10.1. The minimum Gasteiger partial charge on any atom is -0.342 e. The molecule has 0 aromatic carbocycles. The molecule has 1 rings (SSSR count). The van der Waals surface area contributed by atoms with Gasteiger partial charge in [0.05, 0.1) is 6.07 Å². The van der Waals surface area contributed by atoms with E-state index in [4.69, 9.17) is 5.26 Å². The van der Waals surface area contributed by atoms with Gasteiger partial charge in [0.15, 0.2) is 0 Å². The minimum absolute atomic E-state index is 0.0330. The van der Waals surface area contributed by atoms with Crippen LogP contribution in [-0.2, 0) is 4.79 Å². The van der Waals surface area contributed by atoms with Gasteiger partial charge in [-0.3, -0.25) is 4.79 Å². The van der Waals surface area contributed by atoms with Crippen molar-refractivity contribution in [2.75, 3.05) is 7.05 Å². The highest BCUT2D eigenvalue weighted by Crippen LogP contribution is 2.23. The van der Waals surface area contributed by atoms with Crippen LogP contribution in [0.25, 0.3) is 0 Å². The van der Waals surface area contributed by atoms with Crippen LogP contribution < -0.4 is 0 Å². The largest absolute Gasteiger partial charge is 0.342 e. The van der Waals surface area contributed by atoms with Crippen molar-refractivity contribution in [3.63, 3.8) is 0 Å². The van der Waals surface area contributed by atoms with Gasteiger partial charge < -0.3 is 4.90 Å². The Morgan fingerprint density at radius 1 is 1.54 bits per heavy atom. The summed E-state index contributed by atoms with van der Waals surface area (Å²) in [6.07, 6.45) is 4.62. The van der Waals surface area contributed by atoms with Crippen molar-refractivity contribution in [1.82, 2.24) is 4.90 Å². The summed E-state index contributed by atoms with van der Waals surface area (Å²) in [5.41, 5.74) is 0. The molecule has 0 radical (unpaired) electrons. The Morgan fingerprint density at radius 2 is 2.08 bits per heavy atom. The first-order valence-corrected chi connectivity index (χ1v) is 4.83. The van der Waals surface area contributed by atoms with Gasteiger partial charge in [0.1, 0.15) is 5.92 Å². The fourth-order valence-corrected chi connectivity index (χ4v) is 1.83. The molecule has 1 amide bonds. The lowest BCUT2D eigenvalue weighted by Gasteiger charge is -2.25. The third-order valence-electron chi connectivity index (χ3n) is 2.78. The summed E-state index contributed by atoms with van der Waals surface area (Å²) in [7, 11) is 1.81. The topological polar surface area (TPSA) is 44.1 Å². The third-order valence-corrected chi connectivity index (χ3v) is 2.78. The Balaban J connectivity index is 2.51. The van der Waals surface area contributed by atoms with Crippen LogP contribution in [0.15, 0.2) is 0 Å². The van der Waals surface area contributed by atoms with E-state index in [1.807, 2.05) is 13.1 Å². The predicted octanol–water partition coefficient (Wildman–Crippen LogP) is 1.55. The van der Waals surface area contributed by atoms with E-state index in [9.17, 15) is 4.79 Å². The summed E-state index contributed by atoms with van der Waals surface area (Å²) < 4.78 is 0. The molecule has 3 heteroatoms. The molecule has 0 N–H and O–H groups in total. The van der Waals surface area contributed by atoms with Gasteiger partial charge in [-0.05, 0) is 19.8 Å². The zero-order valence-electron chi connectivity index (χ0n) is 8.29. The highest BCUT2D eigenvalue weighted by Gasteiger charge is 2.26. The van der Waals surface area contributed by atoms with Crippen molar-refractivity contribution < 1.29 is 4.79 Å². The molecular weight excluding hydrogens is 164 g/mol. The van der Waals surface area contributed by atoms with Crippen LogP contribution in [0.2, 0.25) is 0 Å². The number of hydrogen-bond acceptors (Lipinski definition) is 2. The first kappa shape index (κ1) is 10.0. The van der Waals surface area contributed by atoms with Crippen LogP contribution in [0, 0.1) is 17.2 Å². The van der Waals surface area contributed by atoms with Crippen molar-refractivity contribution in [3.05, 3.63) is 0 Å². The third kappa shape index (κ3) is 2.21. The molecule has 0 aromatic heterocycles. The highest BCUT2D eigenvalue weighted by atomic mass is 16.2. The van der Waals surface area contributed by atoms with Gasteiger partial charge in [0, 0.05) is 13.1 Å². The molecule has 1 unspecified atom stereocenters. The number of carbonyl (C=O) groups is 1. The van der Waals surface area contributed by atoms with Crippen LogP contribution >= 0.6 is 0 Å². The number of hydrogen-bond donors (Lipinski definition) is 0. The number of rotatable bonds is 2. The normalized spacial score (nSPS) is 19.5. The lowest BCUT2D eigenvalue weighted by molar-refractivity contribution is -0.133. The fourth-order valence-electron chi connectivity index (χ4n) is 1.83. The van der Waals surface area contributed by atoms with Gasteiger partial charge in [-0.25, -0.2) is 0 Å². The summed E-state index contributed by atoms with van der Waals surface area (Å²) >= 11 is 0. The van der Waals surface area contributed by atoms with Gasteiger partial charge in [-0.2, -0.15) is 5.26 Å². The Morgan fingerprint density at radius 3 is 2.54 bits per heavy atom. The molecule has 13 heavy (non-hydrogen) atoms. The first-order chi connectivity index (χ1) is 6.16. The molecule has 1 atom stereocenters. The van der Waals surface area contributed by atoms with E-state index in [1.54, 1.807) is 11.8 Å². The average molecular weight is 180 g/mol. The number of nitrogens with zero attached hydrogens (tertiary/aromatic N) is 2. The molecule has 0 aromatic rings. The van der Waals surface area contributed by atoms with E-state index < -0.39 is 5.92 Å². The zero-order chi connectivity index (χ0) is 9.84. The van der Waals surface area contributed by atoms with Crippen molar-refractivity contribution in [2.45, 2.75) is 38.6 Å². The van der Waals surface area contributed by atoms with E-state index in [-0.39, 0.29) is 5.91 Å². The molecule has 0 saturated heterocycles. The molecule has 0 aliphatic heterocycles. The average Bonchev–Trinajstić information content (AvgIpc) is 2.67. The van der Waals surface area contributed by atoms with E-state index in [0.717, 1.165) is 12.8 Å². The smallest absolute Gasteiger partial charge is 0.239 e. The minimum atomic E-state index is -0.495. The Kier molecular flexibility index (Phi) is 3.30. The Hall–Kier alpha value is -1.04. The van der Waals surface area contributed by atoms with Crippen molar-refractivity contribution in [1.29, 1.82) is 5.26 Å². The number of nitriles is 1. The number of carbonyl (C=O) groups excluding carboxylic acids is 1. The van der Waals surface area contributed by atoms with Gasteiger partial charge in [-0.15, -0.1) is 0 Å². The second-order valence-electron chi connectivity index (χ2n) is 3.74. The maximum absolute atomic E-state index is 11.6. The summed E-state index contributed by atoms with van der Waals surface area (Å²) in [6, 6.07) is 2.36. The zero-order valence-corrected chi connectivity index (χ0v) is 8.29. The molecule has 1 saturated carbocycles. The molecule has 3 nitrogen and oxygen atoms in total. The van der Waals surface area contributed by atoms with Crippen LogP contribution in [0.1, 0.15) is 32.6 Å². The van der Waals surface area contributed by atoms with Crippen molar-refractivity contribution in [3.8, 4) is 6.07 Å². The van der Waals surface area contributed by atoms with Gasteiger partial charge in [0.25, 0.3) is 0 Å². The second kappa shape index (κ2) is 4.27. The monoisotopic (exact) mass is 180 g/mol. The quantitative estimate of drug-likeness (QED) is 0.647. The van der Waals surface area contributed by atoms with Crippen LogP contribution in [0.3, 0.4) is 0 Å².